The van der Waals surface area contributed by atoms with Crippen molar-refractivity contribution in [3.05, 3.63) is 10.8 Å². The van der Waals surface area contributed by atoms with E-state index in [2.05, 4.69) is 47.8 Å². The van der Waals surface area contributed by atoms with Gasteiger partial charge in [0.2, 0.25) is 0 Å². The molecule has 4 heterocycles. The molecule has 0 unspecified atom stereocenters. The number of carbonyl (C=O) groups is 1. The molecule has 4 rings (SSSR count). The van der Waals surface area contributed by atoms with Crippen molar-refractivity contribution in [1.82, 2.24) is 29.4 Å². The number of amides is 1. The van der Waals surface area contributed by atoms with Gasteiger partial charge in [-0.05, 0) is 49.3 Å². The number of nitrogens with zero attached hydrogens (tertiary/aromatic N) is 7. The molecule has 0 aliphatic carbocycles. The summed E-state index contributed by atoms with van der Waals surface area (Å²) in [6.45, 7) is 4.97. The molecule has 0 saturated carbocycles. The van der Waals surface area contributed by atoms with Crippen molar-refractivity contribution < 1.29 is 14.6 Å². The van der Waals surface area contributed by atoms with E-state index >= 15 is 0 Å². The number of likely N-dealkylation sites (tertiary alicyclic amines) is 1. The first kappa shape index (κ1) is 19.2. The fraction of sp³-hybridized carbons (Fsp3) is 0.647. The fourth-order valence-corrected chi connectivity index (χ4v) is 4.23. The summed E-state index contributed by atoms with van der Waals surface area (Å²) in [6.07, 6.45) is 3.07. The summed E-state index contributed by atoms with van der Waals surface area (Å²) in [4.78, 5) is 26.2. The molecule has 2 saturated heterocycles. The molecular weight excluding hydrogens is 430 g/mol. The maximum atomic E-state index is 11.3. The monoisotopic (exact) mass is 453 g/mol. The van der Waals surface area contributed by atoms with Gasteiger partial charge in [-0.3, -0.25) is 0 Å². The molecule has 28 heavy (non-hydrogen) atoms. The van der Waals surface area contributed by atoms with E-state index in [-0.39, 0.29) is 6.04 Å². The van der Waals surface area contributed by atoms with E-state index in [1.54, 1.807) is 10.7 Å². The molecule has 0 radical (unpaired) electrons. The predicted octanol–water partition coefficient (Wildman–Crippen LogP) is 1.55. The number of imidazole rings is 1. The number of hydrogen-bond acceptors (Lipinski definition) is 7. The first-order valence-corrected chi connectivity index (χ1v) is 10.2. The number of piperazine rings is 1. The van der Waals surface area contributed by atoms with Crippen LogP contribution in [0.1, 0.15) is 19.8 Å². The third-order valence-electron chi connectivity index (χ3n) is 5.53. The summed E-state index contributed by atoms with van der Waals surface area (Å²) < 4.78 is 8.34. The molecule has 10 nitrogen and oxygen atoms in total. The quantitative estimate of drug-likeness (QED) is 0.743. The maximum Gasteiger partial charge on any atom is 0.407 e. The number of aromatic nitrogens is 4. The number of halogens is 1. The highest BCUT2D eigenvalue weighted by Gasteiger charge is 2.30. The van der Waals surface area contributed by atoms with E-state index in [1.807, 2.05) is 6.92 Å². The summed E-state index contributed by atoms with van der Waals surface area (Å²) >= 11 is 3.47. The Labute approximate surface area is 171 Å². The Morgan fingerprint density at radius 3 is 2.89 bits per heavy atom. The van der Waals surface area contributed by atoms with E-state index in [1.165, 1.54) is 11.3 Å². The van der Waals surface area contributed by atoms with Gasteiger partial charge in [0.1, 0.15) is 11.2 Å². The number of ether oxygens (including phenoxy) is 1. The highest BCUT2D eigenvalue weighted by molar-refractivity contribution is 9.10. The molecule has 2 aliphatic rings. The van der Waals surface area contributed by atoms with Crippen molar-refractivity contribution in [2.24, 2.45) is 0 Å². The van der Waals surface area contributed by atoms with Gasteiger partial charge in [0.15, 0.2) is 11.5 Å². The van der Waals surface area contributed by atoms with Gasteiger partial charge in [-0.15, -0.1) is 5.10 Å². The largest absolute Gasteiger partial charge is 0.465 e. The van der Waals surface area contributed by atoms with Gasteiger partial charge in [-0.25, -0.2) is 9.78 Å². The Morgan fingerprint density at radius 2 is 2.21 bits per heavy atom. The second-order valence-electron chi connectivity index (χ2n) is 7.39. The zero-order chi connectivity index (χ0) is 19.8. The summed E-state index contributed by atoms with van der Waals surface area (Å²) in [5, 5.41) is 13.7. The molecule has 0 spiro atoms. The summed E-state index contributed by atoms with van der Waals surface area (Å²) in [7, 11) is 2.10. The lowest BCUT2D eigenvalue weighted by atomic mass is 10.2. The number of rotatable bonds is 4. The highest BCUT2D eigenvalue weighted by Crippen LogP contribution is 2.27. The minimum atomic E-state index is -0.896. The Morgan fingerprint density at radius 1 is 1.39 bits per heavy atom. The minimum Gasteiger partial charge on any atom is -0.465 e. The number of carboxylic acid groups (broad SMARTS) is 1. The number of fused-ring (bicyclic) bond motifs is 1. The average Bonchev–Trinajstić information content (AvgIpc) is 3.25. The van der Waals surface area contributed by atoms with Gasteiger partial charge in [0.05, 0.1) is 6.20 Å². The van der Waals surface area contributed by atoms with Crippen LogP contribution in [-0.2, 0) is 0 Å². The average molecular weight is 454 g/mol. The number of hydrogen-bond donors (Lipinski definition) is 1. The highest BCUT2D eigenvalue weighted by atomic mass is 79.9. The Kier molecular flexibility index (Phi) is 5.28. The molecule has 152 valence electrons. The van der Waals surface area contributed by atoms with Crippen LogP contribution in [0.25, 0.3) is 5.65 Å². The lowest BCUT2D eigenvalue weighted by Gasteiger charge is -2.39. The van der Waals surface area contributed by atoms with Gasteiger partial charge in [0.25, 0.3) is 0 Å². The zero-order valence-corrected chi connectivity index (χ0v) is 17.5. The molecule has 1 amide bonds. The third-order valence-corrected chi connectivity index (χ3v) is 6.07. The lowest BCUT2D eigenvalue weighted by molar-refractivity contribution is 0.136. The summed E-state index contributed by atoms with van der Waals surface area (Å²) in [6, 6.07) is 0.634. The Balaban J connectivity index is 1.61. The topological polar surface area (TPSA) is 99.3 Å². The molecule has 0 aromatic carbocycles. The zero-order valence-electron chi connectivity index (χ0n) is 16.0. The normalized spacial score (nSPS) is 23.5. The molecule has 0 bridgehead atoms. The van der Waals surface area contributed by atoms with Gasteiger partial charge >= 0.3 is 12.1 Å². The predicted molar refractivity (Wildman–Crippen MR) is 106 cm³/mol. The van der Waals surface area contributed by atoms with Crippen LogP contribution in [-0.4, -0.2) is 92.5 Å². The summed E-state index contributed by atoms with van der Waals surface area (Å²) in [5.74, 6) is 0.660. The van der Waals surface area contributed by atoms with Crippen LogP contribution in [0.2, 0.25) is 0 Å². The molecule has 2 fully saturated rings. The summed E-state index contributed by atoms with van der Waals surface area (Å²) in [5.41, 5.74) is 0.618. The maximum absolute atomic E-state index is 11.3. The van der Waals surface area contributed by atoms with E-state index in [9.17, 15) is 9.90 Å². The van der Waals surface area contributed by atoms with Crippen molar-refractivity contribution in [3.8, 4) is 6.01 Å². The minimum absolute atomic E-state index is 0.0344. The van der Waals surface area contributed by atoms with Crippen LogP contribution >= 0.6 is 15.9 Å². The number of likely N-dealkylation sites (N-methyl/N-ethyl adjacent to an activating group) is 1. The van der Waals surface area contributed by atoms with Crippen molar-refractivity contribution in [1.29, 1.82) is 0 Å². The van der Waals surface area contributed by atoms with E-state index in [4.69, 9.17) is 4.74 Å². The van der Waals surface area contributed by atoms with Gasteiger partial charge in [-0.2, -0.15) is 9.50 Å². The second kappa shape index (κ2) is 7.70. The Hall–Kier alpha value is -2.14. The molecule has 1 N–H and O–H groups in total. The van der Waals surface area contributed by atoms with Crippen LogP contribution in [0, 0.1) is 0 Å². The third kappa shape index (κ3) is 3.60. The van der Waals surface area contributed by atoms with Crippen molar-refractivity contribution in [2.75, 3.05) is 44.7 Å². The van der Waals surface area contributed by atoms with Gasteiger partial charge in [-0.1, -0.05) is 0 Å². The first-order valence-electron chi connectivity index (χ1n) is 9.43. The van der Waals surface area contributed by atoms with Gasteiger partial charge < -0.3 is 24.5 Å². The molecule has 2 aromatic rings. The van der Waals surface area contributed by atoms with Crippen LogP contribution in [0.15, 0.2) is 10.8 Å². The SMILES string of the molecule is C[C@H]1CN(C(=O)O)CCN1c1nc(OC[C@@H]2CCCN2C)nn2c(Br)cnc12. The van der Waals surface area contributed by atoms with Crippen molar-refractivity contribution in [2.45, 2.75) is 31.8 Å². The molecule has 2 aliphatic heterocycles. The second-order valence-corrected chi connectivity index (χ2v) is 8.21. The van der Waals surface area contributed by atoms with Crippen molar-refractivity contribution >= 4 is 33.5 Å². The van der Waals surface area contributed by atoms with Crippen LogP contribution in [0.3, 0.4) is 0 Å². The van der Waals surface area contributed by atoms with E-state index in [0.29, 0.717) is 54.4 Å². The molecule has 2 atom stereocenters. The van der Waals surface area contributed by atoms with Crippen LogP contribution in [0.5, 0.6) is 6.01 Å². The van der Waals surface area contributed by atoms with Crippen LogP contribution in [0.4, 0.5) is 10.6 Å². The number of anilines is 1. The van der Waals surface area contributed by atoms with Crippen molar-refractivity contribution in [3.63, 3.8) is 0 Å². The van der Waals surface area contributed by atoms with E-state index in [0.717, 1.165) is 13.0 Å². The molecular formula is C17H24BrN7O3. The van der Waals surface area contributed by atoms with Crippen LogP contribution < -0.4 is 9.64 Å². The lowest BCUT2D eigenvalue weighted by Crippen LogP contribution is -2.53. The smallest absolute Gasteiger partial charge is 0.407 e. The molecule has 2 aromatic heterocycles. The Bertz CT molecular complexity index is 876. The fourth-order valence-electron chi connectivity index (χ4n) is 3.88. The van der Waals surface area contributed by atoms with Gasteiger partial charge in [0, 0.05) is 31.7 Å². The van der Waals surface area contributed by atoms with E-state index < -0.39 is 6.09 Å². The standard InChI is InChI=1S/C17H24BrN7O3/c1-11-9-23(17(26)27)6-7-24(11)15-14-19-8-13(18)25(14)21-16(20-15)28-10-12-4-3-5-22(12)2/h8,11-12H,3-7,9-10H2,1-2H3,(H,26,27)/t11-,12-/m0/s1. The first-order chi connectivity index (χ1) is 13.4. The molecule has 11 heteroatoms.